The largest absolute Gasteiger partial charge is 0.312 e. The van der Waals surface area contributed by atoms with E-state index in [0.29, 0.717) is 10.5 Å². The van der Waals surface area contributed by atoms with Crippen molar-refractivity contribution >= 4 is 15.9 Å². The van der Waals surface area contributed by atoms with E-state index >= 15 is 0 Å². The summed E-state index contributed by atoms with van der Waals surface area (Å²) in [6.07, 6.45) is 0. The van der Waals surface area contributed by atoms with Gasteiger partial charge in [0.1, 0.15) is 5.82 Å². The van der Waals surface area contributed by atoms with E-state index < -0.39 is 0 Å². The minimum Gasteiger partial charge on any atom is -0.312 e. The minimum absolute atomic E-state index is 0.180. The zero-order valence-corrected chi connectivity index (χ0v) is 10.9. The molecular weight excluding hydrogens is 271 g/mol. The lowest BCUT2D eigenvalue weighted by Gasteiger charge is -2.32. The fourth-order valence-corrected chi connectivity index (χ4v) is 2.46. The van der Waals surface area contributed by atoms with Crippen molar-refractivity contribution in [3.63, 3.8) is 0 Å². The molecule has 16 heavy (non-hydrogen) atoms. The van der Waals surface area contributed by atoms with Crippen molar-refractivity contribution in [2.45, 2.75) is 19.5 Å². The first-order chi connectivity index (χ1) is 7.66. The van der Waals surface area contributed by atoms with Crippen LogP contribution in [-0.2, 0) is 6.54 Å². The van der Waals surface area contributed by atoms with Crippen molar-refractivity contribution < 1.29 is 4.39 Å². The second-order valence-corrected chi connectivity index (χ2v) is 5.10. The van der Waals surface area contributed by atoms with E-state index in [-0.39, 0.29) is 5.82 Å². The Morgan fingerprint density at radius 2 is 2.38 bits per heavy atom. The third kappa shape index (κ3) is 2.81. The molecule has 0 spiro atoms. The molecule has 0 aromatic heterocycles. The highest BCUT2D eigenvalue weighted by Crippen LogP contribution is 2.22. The highest BCUT2D eigenvalue weighted by Gasteiger charge is 2.16. The fraction of sp³-hybridized carbons (Fsp3) is 0.500. The van der Waals surface area contributed by atoms with Crippen molar-refractivity contribution in [2.75, 3.05) is 19.6 Å². The zero-order chi connectivity index (χ0) is 11.5. The van der Waals surface area contributed by atoms with Crippen molar-refractivity contribution in [3.05, 3.63) is 34.1 Å². The standard InChI is InChI=1S/C12H16BrFN2/c1-9-7-16(6-5-15-9)8-10-3-2-4-11(14)12(10)13/h2-4,9,15H,5-8H2,1H3. The van der Waals surface area contributed by atoms with Crippen molar-refractivity contribution in [3.8, 4) is 0 Å². The lowest BCUT2D eigenvalue weighted by molar-refractivity contribution is 0.199. The van der Waals surface area contributed by atoms with E-state index in [2.05, 4.69) is 33.1 Å². The van der Waals surface area contributed by atoms with Gasteiger partial charge in [-0.15, -0.1) is 0 Å². The Labute approximate surface area is 104 Å². The predicted molar refractivity (Wildman–Crippen MR) is 66.8 cm³/mol. The Hall–Kier alpha value is -0.450. The van der Waals surface area contributed by atoms with Gasteiger partial charge in [-0.1, -0.05) is 12.1 Å². The van der Waals surface area contributed by atoms with Crippen molar-refractivity contribution in [1.82, 2.24) is 10.2 Å². The monoisotopic (exact) mass is 286 g/mol. The second-order valence-electron chi connectivity index (χ2n) is 4.30. The molecule has 0 bridgehead atoms. The normalized spacial score (nSPS) is 22.3. The first-order valence-electron chi connectivity index (χ1n) is 5.55. The van der Waals surface area contributed by atoms with Crippen molar-refractivity contribution in [2.24, 2.45) is 0 Å². The second kappa shape index (κ2) is 5.25. The number of rotatable bonds is 2. The average molecular weight is 287 g/mol. The molecule has 0 aliphatic carbocycles. The van der Waals surface area contributed by atoms with Gasteiger partial charge in [0.2, 0.25) is 0 Å². The predicted octanol–water partition coefficient (Wildman–Crippen LogP) is 2.38. The Morgan fingerprint density at radius 3 is 3.12 bits per heavy atom. The lowest BCUT2D eigenvalue weighted by Crippen LogP contribution is -2.48. The van der Waals surface area contributed by atoms with Crippen molar-refractivity contribution in [1.29, 1.82) is 0 Å². The molecule has 1 atom stereocenters. The summed E-state index contributed by atoms with van der Waals surface area (Å²) in [5.41, 5.74) is 1.02. The Bertz CT molecular complexity index is 370. The summed E-state index contributed by atoms with van der Waals surface area (Å²) in [4.78, 5) is 2.35. The highest BCUT2D eigenvalue weighted by molar-refractivity contribution is 9.10. The van der Waals surface area contributed by atoms with Gasteiger partial charge in [-0.2, -0.15) is 0 Å². The lowest BCUT2D eigenvalue weighted by atomic mass is 10.1. The smallest absolute Gasteiger partial charge is 0.137 e. The molecule has 0 saturated carbocycles. The maximum absolute atomic E-state index is 13.3. The topological polar surface area (TPSA) is 15.3 Å². The van der Waals surface area contributed by atoms with Gasteiger partial charge in [-0.25, -0.2) is 4.39 Å². The SMILES string of the molecule is CC1CN(Cc2cccc(F)c2Br)CCN1. The fourth-order valence-electron chi connectivity index (χ4n) is 2.07. The number of halogens is 2. The van der Waals surface area contributed by atoms with Crippen LogP contribution in [0.5, 0.6) is 0 Å². The van der Waals surface area contributed by atoms with Gasteiger partial charge >= 0.3 is 0 Å². The van der Waals surface area contributed by atoms with E-state index in [1.807, 2.05) is 6.07 Å². The molecule has 2 rings (SSSR count). The van der Waals surface area contributed by atoms with Gasteiger partial charge in [0, 0.05) is 32.2 Å². The van der Waals surface area contributed by atoms with Gasteiger partial charge in [-0.3, -0.25) is 4.90 Å². The van der Waals surface area contributed by atoms with Gasteiger partial charge < -0.3 is 5.32 Å². The molecule has 1 N–H and O–H groups in total. The summed E-state index contributed by atoms with van der Waals surface area (Å²) in [5.74, 6) is -0.180. The molecule has 1 aliphatic heterocycles. The Morgan fingerprint density at radius 1 is 1.56 bits per heavy atom. The molecular formula is C12H16BrFN2. The van der Waals surface area contributed by atoms with Gasteiger partial charge in [0.15, 0.2) is 0 Å². The number of nitrogens with zero attached hydrogens (tertiary/aromatic N) is 1. The third-order valence-electron chi connectivity index (χ3n) is 2.88. The quantitative estimate of drug-likeness (QED) is 0.898. The third-order valence-corrected chi connectivity index (χ3v) is 3.77. The summed E-state index contributed by atoms with van der Waals surface area (Å²) >= 11 is 3.30. The number of hydrogen-bond donors (Lipinski definition) is 1. The zero-order valence-electron chi connectivity index (χ0n) is 9.34. The number of hydrogen-bond acceptors (Lipinski definition) is 2. The van der Waals surface area contributed by atoms with Crippen LogP contribution in [-0.4, -0.2) is 30.6 Å². The molecule has 1 fully saturated rings. The molecule has 2 nitrogen and oxygen atoms in total. The van der Waals surface area contributed by atoms with E-state index in [1.54, 1.807) is 6.07 Å². The van der Waals surface area contributed by atoms with E-state index in [9.17, 15) is 4.39 Å². The van der Waals surface area contributed by atoms with Crippen LogP contribution in [0, 0.1) is 5.82 Å². The summed E-state index contributed by atoms with van der Waals surface area (Å²) in [6.45, 7) is 6.03. The molecule has 0 amide bonds. The van der Waals surface area contributed by atoms with E-state index in [0.717, 1.165) is 31.7 Å². The van der Waals surface area contributed by atoms with E-state index in [1.165, 1.54) is 6.07 Å². The van der Waals surface area contributed by atoms with Crippen LogP contribution in [0.3, 0.4) is 0 Å². The van der Waals surface area contributed by atoms with E-state index in [4.69, 9.17) is 0 Å². The molecule has 1 aromatic rings. The number of nitrogens with one attached hydrogen (secondary N) is 1. The molecule has 88 valence electrons. The van der Waals surface area contributed by atoms with Crippen LogP contribution in [0.15, 0.2) is 22.7 Å². The molecule has 1 aliphatic rings. The highest BCUT2D eigenvalue weighted by atomic mass is 79.9. The maximum Gasteiger partial charge on any atom is 0.137 e. The first-order valence-corrected chi connectivity index (χ1v) is 6.35. The Kier molecular flexibility index (Phi) is 3.95. The summed E-state index contributed by atoms with van der Waals surface area (Å²) in [7, 11) is 0. The molecule has 1 unspecified atom stereocenters. The summed E-state index contributed by atoms with van der Waals surface area (Å²) < 4.78 is 13.9. The molecule has 1 aromatic carbocycles. The van der Waals surface area contributed by atoms with Crippen LogP contribution >= 0.6 is 15.9 Å². The minimum atomic E-state index is -0.180. The Balaban J connectivity index is 2.05. The summed E-state index contributed by atoms with van der Waals surface area (Å²) in [5, 5.41) is 3.40. The average Bonchev–Trinajstić information content (AvgIpc) is 2.25. The van der Waals surface area contributed by atoms with Crippen LogP contribution in [0.2, 0.25) is 0 Å². The molecule has 0 radical (unpaired) electrons. The summed E-state index contributed by atoms with van der Waals surface area (Å²) in [6, 6.07) is 5.73. The van der Waals surface area contributed by atoms with Crippen LogP contribution < -0.4 is 5.32 Å². The van der Waals surface area contributed by atoms with Crippen LogP contribution in [0.25, 0.3) is 0 Å². The van der Waals surface area contributed by atoms with Gasteiger partial charge in [0.25, 0.3) is 0 Å². The van der Waals surface area contributed by atoms with Gasteiger partial charge in [-0.05, 0) is 34.5 Å². The first kappa shape index (κ1) is 12.0. The number of benzene rings is 1. The van der Waals surface area contributed by atoms with Crippen LogP contribution in [0.1, 0.15) is 12.5 Å². The maximum atomic E-state index is 13.3. The van der Waals surface area contributed by atoms with Gasteiger partial charge in [0.05, 0.1) is 4.47 Å². The van der Waals surface area contributed by atoms with Crippen LogP contribution in [0.4, 0.5) is 4.39 Å². The molecule has 1 saturated heterocycles. The molecule has 1 heterocycles. The number of piperazine rings is 1. The molecule has 4 heteroatoms.